The summed E-state index contributed by atoms with van der Waals surface area (Å²) in [7, 11) is 0. The number of amides is 3. The summed E-state index contributed by atoms with van der Waals surface area (Å²) in [5.41, 5.74) is 5.67. The Morgan fingerprint density at radius 1 is 1.44 bits per heavy atom. The first-order valence-electron chi connectivity index (χ1n) is 4.61. The van der Waals surface area contributed by atoms with E-state index in [4.69, 9.17) is 5.73 Å². The van der Waals surface area contributed by atoms with E-state index in [0.717, 1.165) is 9.26 Å². The molecule has 0 radical (unpaired) electrons. The van der Waals surface area contributed by atoms with Crippen molar-refractivity contribution in [3.63, 3.8) is 0 Å². The van der Waals surface area contributed by atoms with Crippen LogP contribution in [0.3, 0.4) is 0 Å². The van der Waals surface area contributed by atoms with E-state index in [0.29, 0.717) is 0 Å². The number of anilines is 1. The molecule has 0 aromatic heterocycles. The molecule has 0 aliphatic carbocycles. The standard InChI is InChI=1S/C10H12IN3O2/c1-6(9(15)14-10(12)16)13-8-4-2-3-7(11)5-8/h2-6,13H,1H3,(H3,12,14,15,16)/t6-/m0/s1. The van der Waals surface area contributed by atoms with Gasteiger partial charge in [0.1, 0.15) is 6.04 Å². The monoisotopic (exact) mass is 333 g/mol. The number of urea groups is 1. The van der Waals surface area contributed by atoms with E-state index >= 15 is 0 Å². The van der Waals surface area contributed by atoms with Crippen molar-refractivity contribution in [3.8, 4) is 0 Å². The van der Waals surface area contributed by atoms with Crippen LogP contribution in [0.1, 0.15) is 6.92 Å². The minimum Gasteiger partial charge on any atom is -0.374 e. The minimum absolute atomic E-state index is 0.452. The van der Waals surface area contributed by atoms with Crippen LogP contribution in [0.4, 0.5) is 10.5 Å². The van der Waals surface area contributed by atoms with Gasteiger partial charge in [0.15, 0.2) is 0 Å². The maximum atomic E-state index is 11.4. The molecule has 0 aliphatic heterocycles. The summed E-state index contributed by atoms with van der Waals surface area (Å²) < 4.78 is 1.06. The van der Waals surface area contributed by atoms with E-state index in [9.17, 15) is 9.59 Å². The molecule has 1 atom stereocenters. The summed E-state index contributed by atoms with van der Waals surface area (Å²) in [5.74, 6) is -0.452. The van der Waals surface area contributed by atoms with Crippen molar-refractivity contribution in [1.29, 1.82) is 0 Å². The Labute approximate surface area is 107 Å². The van der Waals surface area contributed by atoms with Gasteiger partial charge in [-0.2, -0.15) is 0 Å². The zero-order chi connectivity index (χ0) is 12.1. The first kappa shape index (κ1) is 12.8. The molecule has 0 saturated carbocycles. The third-order valence-electron chi connectivity index (χ3n) is 1.85. The van der Waals surface area contributed by atoms with Gasteiger partial charge < -0.3 is 11.1 Å². The largest absolute Gasteiger partial charge is 0.374 e. The zero-order valence-corrected chi connectivity index (χ0v) is 10.8. The minimum atomic E-state index is -0.846. The van der Waals surface area contributed by atoms with Gasteiger partial charge in [-0.1, -0.05) is 6.07 Å². The zero-order valence-electron chi connectivity index (χ0n) is 8.66. The maximum Gasteiger partial charge on any atom is 0.318 e. The molecule has 0 heterocycles. The SMILES string of the molecule is C[C@H](Nc1cccc(I)c1)C(=O)NC(N)=O. The highest BCUT2D eigenvalue weighted by molar-refractivity contribution is 14.1. The van der Waals surface area contributed by atoms with E-state index in [1.165, 1.54) is 0 Å². The molecule has 0 aliphatic rings. The van der Waals surface area contributed by atoms with Crippen LogP contribution in [0.2, 0.25) is 0 Å². The van der Waals surface area contributed by atoms with Crippen LogP contribution in [0, 0.1) is 3.57 Å². The number of rotatable bonds is 3. The molecule has 1 aromatic carbocycles. The Bertz CT molecular complexity index is 409. The van der Waals surface area contributed by atoms with Crippen molar-refractivity contribution >= 4 is 40.2 Å². The molecule has 16 heavy (non-hydrogen) atoms. The van der Waals surface area contributed by atoms with Gasteiger partial charge in [-0.3, -0.25) is 10.1 Å². The molecule has 5 nitrogen and oxygen atoms in total. The third-order valence-corrected chi connectivity index (χ3v) is 2.52. The van der Waals surface area contributed by atoms with Crippen LogP contribution in [0.15, 0.2) is 24.3 Å². The summed E-state index contributed by atoms with van der Waals surface area (Å²) in [6, 6.07) is 6.19. The number of carbonyl (C=O) groups is 2. The molecule has 0 unspecified atom stereocenters. The van der Waals surface area contributed by atoms with Gasteiger partial charge in [0.25, 0.3) is 0 Å². The number of benzene rings is 1. The third kappa shape index (κ3) is 4.05. The van der Waals surface area contributed by atoms with E-state index < -0.39 is 18.0 Å². The first-order chi connectivity index (χ1) is 7.49. The van der Waals surface area contributed by atoms with Gasteiger partial charge in [-0.25, -0.2) is 4.79 Å². The number of imide groups is 1. The lowest BCUT2D eigenvalue weighted by Gasteiger charge is -2.13. The quantitative estimate of drug-likeness (QED) is 0.729. The molecule has 0 fully saturated rings. The van der Waals surface area contributed by atoms with Gasteiger partial charge in [0.05, 0.1) is 0 Å². The van der Waals surface area contributed by atoms with Crippen LogP contribution in [0.25, 0.3) is 0 Å². The molecule has 3 amide bonds. The Morgan fingerprint density at radius 2 is 2.12 bits per heavy atom. The fourth-order valence-electron chi connectivity index (χ4n) is 1.12. The molecule has 0 bridgehead atoms. The average molecular weight is 333 g/mol. The summed E-state index contributed by atoms with van der Waals surface area (Å²) in [4.78, 5) is 21.8. The Hall–Kier alpha value is -1.31. The van der Waals surface area contributed by atoms with Crippen molar-refractivity contribution < 1.29 is 9.59 Å². The lowest BCUT2D eigenvalue weighted by Crippen LogP contribution is -2.43. The number of primary amides is 1. The highest BCUT2D eigenvalue weighted by Crippen LogP contribution is 2.13. The number of hydrogen-bond acceptors (Lipinski definition) is 3. The maximum absolute atomic E-state index is 11.4. The summed E-state index contributed by atoms with van der Waals surface area (Å²) >= 11 is 2.17. The fourth-order valence-corrected chi connectivity index (χ4v) is 1.67. The number of halogens is 1. The molecular formula is C10H12IN3O2. The van der Waals surface area contributed by atoms with Gasteiger partial charge in [-0.15, -0.1) is 0 Å². The topological polar surface area (TPSA) is 84.2 Å². The second-order valence-corrected chi connectivity index (χ2v) is 4.48. The van der Waals surface area contributed by atoms with Gasteiger partial charge in [-0.05, 0) is 47.7 Å². The number of carbonyl (C=O) groups excluding carboxylic acids is 2. The Balaban J connectivity index is 2.60. The number of nitrogens with two attached hydrogens (primary N) is 1. The second-order valence-electron chi connectivity index (χ2n) is 3.23. The van der Waals surface area contributed by atoms with Crippen LogP contribution in [0.5, 0.6) is 0 Å². The molecule has 0 spiro atoms. The Kier molecular flexibility index (Phi) is 4.53. The van der Waals surface area contributed by atoms with Crippen LogP contribution in [-0.4, -0.2) is 18.0 Å². The highest BCUT2D eigenvalue weighted by atomic mass is 127. The molecule has 86 valence electrons. The van der Waals surface area contributed by atoms with Crippen molar-refractivity contribution in [3.05, 3.63) is 27.8 Å². The number of hydrogen-bond donors (Lipinski definition) is 3. The second kappa shape index (κ2) is 5.69. The van der Waals surface area contributed by atoms with Crippen molar-refractivity contribution in [2.24, 2.45) is 5.73 Å². The predicted octanol–water partition coefficient (Wildman–Crippen LogP) is 1.29. The lowest BCUT2D eigenvalue weighted by molar-refractivity contribution is -0.120. The molecule has 6 heteroatoms. The normalized spacial score (nSPS) is 11.6. The molecule has 4 N–H and O–H groups in total. The molecule has 1 rings (SSSR count). The van der Waals surface area contributed by atoms with Crippen LogP contribution < -0.4 is 16.4 Å². The van der Waals surface area contributed by atoms with Crippen molar-refractivity contribution in [2.45, 2.75) is 13.0 Å². The predicted molar refractivity (Wildman–Crippen MR) is 70.0 cm³/mol. The Morgan fingerprint density at radius 3 is 2.69 bits per heavy atom. The first-order valence-corrected chi connectivity index (χ1v) is 5.69. The fraction of sp³-hybridized carbons (Fsp3) is 0.200. The highest BCUT2D eigenvalue weighted by Gasteiger charge is 2.13. The van der Waals surface area contributed by atoms with Gasteiger partial charge >= 0.3 is 6.03 Å². The van der Waals surface area contributed by atoms with E-state index in [1.807, 2.05) is 29.6 Å². The average Bonchev–Trinajstić information content (AvgIpc) is 2.16. The molecule has 1 aromatic rings. The van der Waals surface area contributed by atoms with E-state index in [2.05, 4.69) is 27.9 Å². The molecular weight excluding hydrogens is 321 g/mol. The van der Waals surface area contributed by atoms with Crippen LogP contribution in [-0.2, 0) is 4.79 Å². The lowest BCUT2D eigenvalue weighted by atomic mass is 10.2. The van der Waals surface area contributed by atoms with E-state index in [-0.39, 0.29) is 0 Å². The summed E-state index contributed by atoms with van der Waals surface area (Å²) in [5, 5.41) is 4.98. The van der Waals surface area contributed by atoms with Crippen molar-refractivity contribution in [1.82, 2.24) is 5.32 Å². The summed E-state index contributed by atoms with van der Waals surface area (Å²) in [6.45, 7) is 1.65. The van der Waals surface area contributed by atoms with Gasteiger partial charge in [0, 0.05) is 9.26 Å². The molecule has 0 saturated heterocycles. The van der Waals surface area contributed by atoms with E-state index in [1.54, 1.807) is 6.92 Å². The van der Waals surface area contributed by atoms with Crippen molar-refractivity contribution in [2.75, 3.05) is 5.32 Å². The van der Waals surface area contributed by atoms with Gasteiger partial charge in [0.2, 0.25) is 5.91 Å². The van der Waals surface area contributed by atoms with Crippen LogP contribution >= 0.6 is 22.6 Å². The smallest absolute Gasteiger partial charge is 0.318 e. The number of nitrogens with one attached hydrogen (secondary N) is 2. The summed E-state index contributed by atoms with van der Waals surface area (Å²) in [6.07, 6.45) is 0.